The summed E-state index contributed by atoms with van der Waals surface area (Å²) in [6.45, 7) is 7.64. The number of nitrogens with one attached hydrogen (secondary N) is 2. The molecule has 0 saturated heterocycles. The molecule has 0 saturated carbocycles. The van der Waals surface area contributed by atoms with Crippen LogP contribution in [0.1, 0.15) is 18.3 Å². The lowest BCUT2D eigenvalue weighted by molar-refractivity contribution is -0.106. The first-order valence-corrected chi connectivity index (χ1v) is 6.88. The zero-order valence-electron chi connectivity index (χ0n) is 12.7. The number of aryl methyl sites for hydroxylation is 1. The summed E-state index contributed by atoms with van der Waals surface area (Å²) in [4.78, 5) is 18.9. The van der Waals surface area contributed by atoms with Crippen LogP contribution in [0, 0.1) is 12.3 Å². The van der Waals surface area contributed by atoms with E-state index in [1.54, 1.807) is 19.3 Å². The van der Waals surface area contributed by atoms with E-state index in [2.05, 4.69) is 21.9 Å². The molecule has 112 valence electrons. The molecular weight excluding hydrogens is 276 g/mol. The number of hydrogen-bond acceptors (Lipinski definition) is 5. The third-order valence-electron chi connectivity index (χ3n) is 3.21. The van der Waals surface area contributed by atoms with E-state index in [0.29, 0.717) is 22.7 Å². The van der Waals surface area contributed by atoms with Crippen LogP contribution in [0.3, 0.4) is 0 Å². The largest absolute Gasteiger partial charge is 0.378 e. The van der Waals surface area contributed by atoms with Crippen molar-refractivity contribution in [2.24, 2.45) is 0 Å². The van der Waals surface area contributed by atoms with Crippen molar-refractivity contribution in [2.75, 3.05) is 11.9 Å². The minimum absolute atomic E-state index is 0.198. The van der Waals surface area contributed by atoms with Crippen molar-refractivity contribution in [3.8, 4) is 11.1 Å². The lowest BCUT2D eigenvalue weighted by Crippen LogP contribution is -2.09. The first kappa shape index (κ1) is 15.6. The summed E-state index contributed by atoms with van der Waals surface area (Å²) >= 11 is 0. The van der Waals surface area contributed by atoms with Gasteiger partial charge < -0.3 is 10.1 Å². The summed E-state index contributed by atoms with van der Waals surface area (Å²) in [6.07, 6.45) is 4.30. The Bertz CT molecular complexity index is 720. The average molecular weight is 294 g/mol. The molecule has 2 rings (SSSR count). The molecule has 0 radical (unpaired) electrons. The second-order valence-corrected chi connectivity index (χ2v) is 4.98. The standard InChI is InChI=1S/C17H18N4O/c1-11(2)17(18)15-8-13(4-5-16(15)19-6-7-22)14-9-20-12(3)21-10-14/h4-5,7-10,18-19H,1,6H2,2-3H3. The highest BCUT2D eigenvalue weighted by molar-refractivity contribution is 6.13. The zero-order chi connectivity index (χ0) is 16.1. The van der Waals surface area contributed by atoms with Crippen LogP contribution in [0.2, 0.25) is 0 Å². The Morgan fingerprint density at radius 3 is 2.59 bits per heavy atom. The molecule has 0 amide bonds. The minimum Gasteiger partial charge on any atom is -0.378 e. The van der Waals surface area contributed by atoms with Crippen LogP contribution >= 0.6 is 0 Å². The van der Waals surface area contributed by atoms with Crippen molar-refractivity contribution in [1.29, 1.82) is 5.41 Å². The molecule has 2 N–H and O–H groups in total. The van der Waals surface area contributed by atoms with Gasteiger partial charge in [-0.25, -0.2) is 9.97 Å². The van der Waals surface area contributed by atoms with E-state index in [0.717, 1.165) is 23.1 Å². The highest BCUT2D eigenvalue weighted by Crippen LogP contribution is 2.26. The summed E-state index contributed by atoms with van der Waals surface area (Å²) in [5, 5.41) is 11.2. The number of rotatable bonds is 6. The molecule has 0 aliphatic carbocycles. The summed E-state index contributed by atoms with van der Waals surface area (Å²) in [7, 11) is 0. The number of anilines is 1. The molecule has 0 aliphatic heterocycles. The van der Waals surface area contributed by atoms with Crippen LogP contribution in [0.25, 0.3) is 11.1 Å². The SMILES string of the molecule is C=C(C)C(=N)c1cc(-c2cnc(C)nc2)ccc1NCC=O. The van der Waals surface area contributed by atoms with E-state index in [-0.39, 0.29) is 6.54 Å². The summed E-state index contributed by atoms with van der Waals surface area (Å²) < 4.78 is 0. The summed E-state index contributed by atoms with van der Waals surface area (Å²) in [5.41, 5.74) is 4.22. The highest BCUT2D eigenvalue weighted by atomic mass is 16.1. The van der Waals surface area contributed by atoms with Crippen molar-refractivity contribution in [1.82, 2.24) is 9.97 Å². The number of hydrogen-bond donors (Lipinski definition) is 2. The van der Waals surface area contributed by atoms with Gasteiger partial charge in [0.05, 0.1) is 12.3 Å². The second kappa shape index (κ2) is 6.76. The number of carbonyl (C=O) groups excluding carboxylic acids is 1. The van der Waals surface area contributed by atoms with Gasteiger partial charge in [0, 0.05) is 29.2 Å². The van der Waals surface area contributed by atoms with Gasteiger partial charge in [0.1, 0.15) is 12.1 Å². The Labute approximate surface area is 129 Å². The molecule has 0 spiro atoms. The molecule has 0 unspecified atom stereocenters. The van der Waals surface area contributed by atoms with Crippen LogP contribution < -0.4 is 5.32 Å². The zero-order valence-corrected chi connectivity index (χ0v) is 12.7. The maximum absolute atomic E-state index is 10.6. The smallest absolute Gasteiger partial charge is 0.139 e. The van der Waals surface area contributed by atoms with E-state index in [1.165, 1.54) is 0 Å². The normalized spacial score (nSPS) is 10.1. The third kappa shape index (κ3) is 3.44. The van der Waals surface area contributed by atoms with Gasteiger partial charge in [0.2, 0.25) is 0 Å². The number of benzene rings is 1. The van der Waals surface area contributed by atoms with Crippen LogP contribution in [0.4, 0.5) is 5.69 Å². The van der Waals surface area contributed by atoms with E-state index in [1.807, 2.05) is 25.1 Å². The van der Waals surface area contributed by atoms with Gasteiger partial charge in [-0.2, -0.15) is 0 Å². The Kier molecular flexibility index (Phi) is 4.78. The fraction of sp³-hybridized carbons (Fsp3) is 0.176. The van der Waals surface area contributed by atoms with E-state index in [4.69, 9.17) is 5.41 Å². The average Bonchev–Trinajstić information content (AvgIpc) is 2.52. The number of allylic oxidation sites excluding steroid dienone is 1. The predicted molar refractivity (Wildman–Crippen MR) is 88.4 cm³/mol. The van der Waals surface area contributed by atoms with E-state index in [9.17, 15) is 4.79 Å². The lowest BCUT2D eigenvalue weighted by atomic mass is 9.98. The molecular formula is C17H18N4O. The molecule has 2 aromatic rings. The maximum Gasteiger partial charge on any atom is 0.139 e. The molecule has 5 nitrogen and oxygen atoms in total. The van der Waals surface area contributed by atoms with Gasteiger partial charge in [0.15, 0.2) is 0 Å². The molecule has 22 heavy (non-hydrogen) atoms. The second-order valence-electron chi connectivity index (χ2n) is 4.98. The molecule has 0 bridgehead atoms. The summed E-state index contributed by atoms with van der Waals surface area (Å²) in [6, 6.07) is 5.65. The van der Waals surface area contributed by atoms with E-state index >= 15 is 0 Å². The predicted octanol–water partition coefficient (Wildman–Crippen LogP) is 3.01. The van der Waals surface area contributed by atoms with Crippen LogP contribution in [0.15, 0.2) is 42.7 Å². The number of nitrogens with zero attached hydrogens (tertiary/aromatic N) is 2. The first-order chi connectivity index (χ1) is 10.5. The molecule has 1 aromatic heterocycles. The van der Waals surface area contributed by atoms with Crippen LogP contribution in [-0.4, -0.2) is 28.5 Å². The molecule has 5 heteroatoms. The van der Waals surface area contributed by atoms with Crippen molar-refractivity contribution >= 4 is 17.7 Å². The molecule has 0 atom stereocenters. The Morgan fingerprint density at radius 1 is 1.32 bits per heavy atom. The van der Waals surface area contributed by atoms with Crippen molar-refractivity contribution < 1.29 is 4.79 Å². The van der Waals surface area contributed by atoms with Gasteiger partial charge in [0.25, 0.3) is 0 Å². The fourth-order valence-corrected chi connectivity index (χ4v) is 2.01. The van der Waals surface area contributed by atoms with Crippen molar-refractivity contribution in [2.45, 2.75) is 13.8 Å². The van der Waals surface area contributed by atoms with Gasteiger partial charge in [-0.3, -0.25) is 5.41 Å². The molecule has 1 heterocycles. The Morgan fingerprint density at radius 2 is 2.00 bits per heavy atom. The monoisotopic (exact) mass is 294 g/mol. The molecule has 1 aromatic carbocycles. The Balaban J connectivity index is 2.48. The first-order valence-electron chi connectivity index (χ1n) is 6.88. The van der Waals surface area contributed by atoms with E-state index < -0.39 is 0 Å². The summed E-state index contributed by atoms with van der Waals surface area (Å²) in [5.74, 6) is 0.711. The van der Waals surface area contributed by atoms with Gasteiger partial charge in [-0.15, -0.1) is 0 Å². The topological polar surface area (TPSA) is 78.7 Å². The molecule has 0 fully saturated rings. The van der Waals surface area contributed by atoms with Gasteiger partial charge in [-0.05, 0) is 37.1 Å². The Hall–Kier alpha value is -2.82. The van der Waals surface area contributed by atoms with Crippen molar-refractivity contribution in [3.63, 3.8) is 0 Å². The number of aldehydes is 1. The number of aromatic nitrogens is 2. The van der Waals surface area contributed by atoms with Crippen LogP contribution in [0.5, 0.6) is 0 Å². The fourth-order valence-electron chi connectivity index (χ4n) is 2.01. The maximum atomic E-state index is 10.6. The van der Waals surface area contributed by atoms with Crippen molar-refractivity contribution in [3.05, 3.63) is 54.1 Å². The third-order valence-corrected chi connectivity index (χ3v) is 3.21. The number of carbonyl (C=O) groups is 1. The highest BCUT2D eigenvalue weighted by Gasteiger charge is 2.11. The van der Waals surface area contributed by atoms with Gasteiger partial charge in [-0.1, -0.05) is 12.6 Å². The lowest BCUT2D eigenvalue weighted by Gasteiger charge is -2.13. The van der Waals surface area contributed by atoms with Gasteiger partial charge >= 0.3 is 0 Å². The molecule has 0 aliphatic rings. The quantitative estimate of drug-likeness (QED) is 0.634. The minimum atomic E-state index is 0.198. The van der Waals surface area contributed by atoms with Crippen LogP contribution in [-0.2, 0) is 4.79 Å².